The van der Waals surface area contributed by atoms with Crippen LogP contribution in [0.25, 0.3) is 11.1 Å². The van der Waals surface area contributed by atoms with Gasteiger partial charge in [-0.1, -0.05) is 11.6 Å². The van der Waals surface area contributed by atoms with E-state index in [-0.39, 0.29) is 21.5 Å². The van der Waals surface area contributed by atoms with E-state index in [0.717, 1.165) is 32.5 Å². The fourth-order valence-corrected chi connectivity index (χ4v) is 5.76. The normalized spacial score (nSPS) is 26.4. The van der Waals surface area contributed by atoms with Crippen LogP contribution in [0.15, 0.2) is 26.2 Å². The molecule has 25 heavy (non-hydrogen) atoms. The third-order valence-electron chi connectivity index (χ3n) is 5.29. The van der Waals surface area contributed by atoms with Crippen LogP contribution in [0, 0.1) is 5.92 Å². The van der Waals surface area contributed by atoms with Crippen molar-refractivity contribution in [1.82, 2.24) is 14.2 Å². The third kappa shape index (κ3) is 2.91. The highest BCUT2D eigenvalue weighted by Crippen LogP contribution is 2.31. The summed E-state index contributed by atoms with van der Waals surface area (Å²) in [6.45, 7) is 5.03. The van der Waals surface area contributed by atoms with Gasteiger partial charge in [-0.15, -0.1) is 0 Å². The Morgan fingerprint density at radius 1 is 1.32 bits per heavy atom. The molecule has 1 aromatic heterocycles. The van der Waals surface area contributed by atoms with Crippen LogP contribution in [0.5, 0.6) is 0 Å². The van der Waals surface area contributed by atoms with Crippen molar-refractivity contribution in [3.63, 3.8) is 0 Å². The molecule has 0 saturated carbocycles. The van der Waals surface area contributed by atoms with Gasteiger partial charge in [0.1, 0.15) is 4.90 Å². The molecule has 3 fully saturated rings. The Kier molecular flexibility index (Phi) is 4.18. The van der Waals surface area contributed by atoms with Gasteiger partial charge in [-0.05, 0) is 44.8 Å². The van der Waals surface area contributed by atoms with E-state index >= 15 is 0 Å². The van der Waals surface area contributed by atoms with Crippen LogP contribution in [0.2, 0.25) is 5.02 Å². The number of aryl methyl sites for hydroxylation is 1. The first-order valence-electron chi connectivity index (χ1n) is 8.46. The SMILES string of the molecule is CCn1c(=O)oc2cc(S(=O)(=O)NC3CN4CCC3CC4)c(Cl)cc21. The van der Waals surface area contributed by atoms with Crippen molar-refractivity contribution in [1.29, 1.82) is 0 Å². The molecular formula is C16H20ClN3O4S. The monoisotopic (exact) mass is 385 g/mol. The second-order valence-electron chi connectivity index (χ2n) is 6.73. The van der Waals surface area contributed by atoms with Gasteiger partial charge in [-0.2, -0.15) is 0 Å². The predicted molar refractivity (Wildman–Crippen MR) is 94.4 cm³/mol. The first kappa shape index (κ1) is 17.1. The van der Waals surface area contributed by atoms with Crippen LogP contribution in [0.3, 0.4) is 0 Å². The Bertz CT molecular complexity index is 973. The zero-order chi connectivity index (χ0) is 17.8. The number of sulfonamides is 1. The Morgan fingerprint density at radius 3 is 2.64 bits per heavy atom. The predicted octanol–water partition coefficient (Wildman–Crippen LogP) is 1.64. The quantitative estimate of drug-likeness (QED) is 0.864. The molecule has 1 atom stereocenters. The van der Waals surface area contributed by atoms with E-state index in [1.807, 2.05) is 6.92 Å². The van der Waals surface area contributed by atoms with Crippen molar-refractivity contribution in [2.45, 2.75) is 37.2 Å². The standard InChI is InChI=1S/C16H20ClN3O4S/c1-2-20-13-7-11(17)15(8-14(13)24-16(20)21)25(22,23)18-12-9-19-5-3-10(12)4-6-19/h7-8,10,12,18H,2-6,9H2,1H3. The highest BCUT2D eigenvalue weighted by Gasteiger charge is 2.37. The van der Waals surface area contributed by atoms with Gasteiger partial charge in [-0.25, -0.2) is 17.9 Å². The number of hydrogen-bond donors (Lipinski definition) is 1. The van der Waals surface area contributed by atoms with Gasteiger partial charge in [0.2, 0.25) is 10.0 Å². The second-order valence-corrected chi connectivity index (χ2v) is 8.82. The molecule has 7 nitrogen and oxygen atoms in total. The van der Waals surface area contributed by atoms with Crippen LogP contribution >= 0.6 is 11.6 Å². The van der Waals surface area contributed by atoms with Crippen LogP contribution in [-0.2, 0) is 16.6 Å². The molecule has 3 saturated heterocycles. The molecule has 1 N–H and O–H groups in total. The lowest BCUT2D eigenvalue weighted by Crippen LogP contribution is -2.57. The smallest absolute Gasteiger partial charge is 0.408 e. The number of hydrogen-bond acceptors (Lipinski definition) is 5. The van der Waals surface area contributed by atoms with Crippen LogP contribution < -0.4 is 10.5 Å². The zero-order valence-electron chi connectivity index (χ0n) is 13.9. The molecule has 0 aliphatic carbocycles. The summed E-state index contributed by atoms with van der Waals surface area (Å²) in [4.78, 5) is 14.1. The Hall–Kier alpha value is -1.35. The Labute approximate surface area is 150 Å². The van der Waals surface area contributed by atoms with Crippen molar-refractivity contribution in [3.05, 3.63) is 27.7 Å². The molecule has 2 bridgehead atoms. The van der Waals surface area contributed by atoms with Crippen molar-refractivity contribution in [2.24, 2.45) is 5.92 Å². The maximum atomic E-state index is 12.9. The topological polar surface area (TPSA) is 84.5 Å². The third-order valence-corrected chi connectivity index (χ3v) is 7.24. The van der Waals surface area contributed by atoms with Crippen LogP contribution in [-0.4, -0.2) is 43.6 Å². The van der Waals surface area contributed by atoms with Gasteiger partial charge in [0.15, 0.2) is 5.58 Å². The molecule has 1 unspecified atom stereocenters. The van der Waals surface area contributed by atoms with Crippen molar-refractivity contribution in [2.75, 3.05) is 19.6 Å². The van der Waals surface area contributed by atoms with Gasteiger partial charge < -0.3 is 9.32 Å². The zero-order valence-corrected chi connectivity index (χ0v) is 15.4. The minimum atomic E-state index is -3.79. The summed E-state index contributed by atoms with van der Waals surface area (Å²) >= 11 is 6.24. The molecule has 4 heterocycles. The minimum absolute atomic E-state index is 0.0462. The molecule has 1 aromatic carbocycles. The Morgan fingerprint density at radius 2 is 2.04 bits per heavy atom. The number of rotatable bonds is 4. The fraction of sp³-hybridized carbons (Fsp3) is 0.562. The molecule has 3 aliphatic heterocycles. The van der Waals surface area contributed by atoms with E-state index in [2.05, 4.69) is 9.62 Å². The highest BCUT2D eigenvalue weighted by atomic mass is 35.5. The molecule has 9 heteroatoms. The largest absolute Gasteiger partial charge is 0.419 e. The summed E-state index contributed by atoms with van der Waals surface area (Å²) < 4.78 is 35.1. The van der Waals surface area contributed by atoms with E-state index in [4.69, 9.17) is 16.0 Å². The van der Waals surface area contributed by atoms with Crippen LogP contribution in [0.1, 0.15) is 19.8 Å². The molecule has 136 valence electrons. The average Bonchev–Trinajstić information content (AvgIpc) is 2.89. The first-order chi connectivity index (χ1) is 11.9. The molecule has 0 amide bonds. The van der Waals surface area contributed by atoms with Gasteiger partial charge in [0.25, 0.3) is 0 Å². The van der Waals surface area contributed by atoms with Gasteiger partial charge in [-0.3, -0.25) is 4.57 Å². The van der Waals surface area contributed by atoms with Crippen molar-refractivity contribution in [3.8, 4) is 0 Å². The lowest BCUT2D eigenvalue weighted by Gasteiger charge is -2.44. The van der Waals surface area contributed by atoms with Crippen molar-refractivity contribution < 1.29 is 12.8 Å². The number of oxazole rings is 1. The minimum Gasteiger partial charge on any atom is -0.408 e. The van der Waals surface area contributed by atoms with E-state index in [0.29, 0.717) is 18.0 Å². The van der Waals surface area contributed by atoms with Gasteiger partial charge in [0, 0.05) is 25.2 Å². The number of halogens is 1. The average molecular weight is 386 g/mol. The lowest BCUT2D eigenvalue weighted by molar-refractivity contribution is 0.0827. The molecule has 2 aromatic rings. The number of benzene rings is 1. The highest BCUT2D eigenvalue weighted by molar-refractivity contribution is 7.89. The number of nitrogens with one attached hydrogen (secondary N) is 1. The summed E-state index contributed by atoms with van der Waals surface area (Å²) in [5.41, 5.74) is 0.727. The number of nitrogens with zero attached hydrogens (tertiary/aromatic N) is 2. The molecular weight excluding hydrogens is 366 g/mol. The maximum absolute atomic E-state index is 12.9. The summed E-state index contributed by atoms with van der Waals surface area (Å²) in [6.07, 6.45) is 2.02. The lowest BCUT2D eigenvalue weighted by atomic mass is 9.85. The van der Waals surface area contributed by atoms with E-state index in [9.17, 15) is 13.2 Å². The molecule has 0 spiro atoms. The summed E-state index contributed by atoms with van der Waals surface area (Å²) in [6, 6.07) is 2.72. The summed E-state index contributed by atoms with van der Waals surface area (Å²) in [5.74, 6) is -0.158. The second kappa shape index (κ2) is 6.12. The van der Waals surface area contributed by atoms with E-state index in [1.54, 1.807) is 0 Å². The van der Waals surface area contributed by atoms with Gasteiger partial charge in [0.05, 0.1) is 10.5 Å². The summed E-state index contributed by atoms with van der Waals surface area (Å²) in [5, 5.41) is 0.0873. The summed E-state index contributed by atoms with van der Waals surface area (Å²) in [7, 11) is -3.79. The number of aromatic nitrogens is 1. The molecule has 3 aliphatic rings. The maximum Gasteiger partial charge on any atom is 0.419 e. The van der Waals surface area contributed by atoms with E-state index < -0.39 is 15.8 Å². The van der Waals surface area contributed by atoms with Gasteiger partial charge >= 0.3 is 5.76 Å². The molecule has 5 rings (SSSR count). The first-order valence-corrected chi connectivity index (χ1v) is 10.3. The Balaban J connectivity index is 1.70. The number of fused-ring (bicyclic) bond motifs is 4. The number of piperidine rings is 3. The van der Waals surface area contributed by atoms with E-state index in [1.165, 1.54) is 16.7 Å². The van der Waals surface area contributed by atoms with Crippen molar-refractivity contribution >= 4 is 32.7 Å². The van der Waals surface area contributed by atoms with Crippen LogP contribution in [0.4, 0.5) is 0 Å². The fourth-order valence-electron chi connectivity index (χ4n) is 3.93. The molecule has 0 radical (unpaired) electrons.